The second-order valence-corrected chi connectivity index (χ2v) is 2.29. The molecular formula is C8H12N2O. The van der Waals surface area contributed by atoms with Crippen molar-refractivity contribution >= 4 is 0 Å². The van der Waals surface area contributed by atoms with Gasteiger partial charge in [0.2, 0.25) is 0 Å². The van der Waals surface area contributed by atoms with Gasteiger partial charge in [-0.3, -0.25) is 4.98 Å². The van der Waals surface area contributed by atoms with E-state index in [0.717, 1.165) is 17.0 Å². The molecular weight excluding hydrogens is 140 g/mol. The van der Waals surface area contributed by atoms with Gasteiger partial charge in [-0.15, -0.1) is 0 Å². The molecule has 0 aliphatic carbocycles. The lowest BCUT2D eigenvalue weighted by atomic mass is 10.2. The number of hydrogen-bond acceptors (Lipinski definition) is 3. The van der Waals surface area contributed by atoms with Crippen LogP contribution in [0.1, 0.15) is 11.3 Å². The minimum atomic E-state index is 0.461. The van der Waals surface area contributed by atoms with Crippen LogP contribution < -0.4 is 10.5 Å². The van der Waals surface area contributed by atoms with Crippen molar-refractivity contribution in [1.82, 2.24) is 4.98 Å². The Bertz CT molecular complexity index is 226. The molecule has 0 bridgehead atoms. The van der Waals surface area contributed by atoms with Crippen LogP contribution in [-0.4, -0.2) is 12.1 Å². The van der Waals surface area contributed by atoms with E-state index in [0.29, 0.717) is 6.54 Å². The quantitative estimate of drug-likeness (QED) is 0.683. The zero-order chi connectivity index (χ0) is 8.27. The summed E-state index contributed by atoms with van der Waals surface area (Å²) >= 11 is 0. The smallest absolute Gasteiger partial charge is 0.125 e. The van der Waals surface area contributed by atoms with Crippen LogP contribution in [0, 0.1) is 6.92 Å². The molecule has 0 fully saturated rings. The average Bonchev–Trinajstić information content (AvgIpc) is 2.05. The third-order valence-corrected chi connectivity index (χ3v) is 1.67. The van der Waals surface area contributed by atoms with Crippen LogP contribution >= 0.6 is 0 Å². The van der Waals surface area contributed by atoms with Gasteiger partial charge in [0.1, 0.15) is 5.75 Å². The van der Waals surface area contributed by atoms with Gasteiger partial charge in [-0.2, -0.15) is 0 Å². The number of rotatable bonds is 2. The summed E-state index contributed by atoms with van der Waals surface area (Å²) in [5, 5.41) is 0. The normalized spacial score (nSPS) is 9.73. The van der Waals surface area contributed by atoms with Crippen LogP contribution in [0.15, 0.2) is 12.3 Å². The summed E-state index contributed by atoms with van der Waals surface area (Å²) in [5.74, 6) is 0.848. The number of pyridine rings is 1. The van der Waals surface area contributed by atoms with Gasteiger partial charge in [-0.1, -0.05) is 0 Å². The molecule has 11 heavy (non-hydrogen) atoms. The first kappa shape index (κ1) is 8.01. The predicted octanol–water partition coefficient (Wildman–Crippen LogP) is 0.857. The number of methoxy groups -OCH3 is 1. The molecule has 0 amide bonds. The molecule has 0 saturated heterocycles. The number of nitrogens with zero attached hydrogens (tertiary/aromatic N) is 1. The predicted molar refractivity (Wildman–Crippen MR) is 43.4 cm³/mol. The van der Waals surface area contributed by atoms with Crippen molar-refractivity contribution in [2.24, 2.45) is 5.73 Å². The first-order valence-corrected chi connectivity index (χ1v) is 3.48. The van der Waals surface area contributed by atoms with Gasteiger partial charge in [0.05, 0.1) is 12.8 Å². The van der Waals surface area contributed by atoms with Gasteiger partial charge in [-0.05, 0) is 13.0 Å². The summed E-state index contributed by atoms with van der Waals surface area (Å²) < 4.78 is 5.09. The van der Waals surface area contributed by atoms with E-state index in [4.69, 9.17) is 10.5 Å². The van der Waals surface area contributed by atoms with Crippen molar-refractivity contribution in [3.05, 3.63) is 23.5 Å². The van der Waals surface area contributed by atoms with Crippen molar-refractivity contribution in [1.29, 1.82) is 0 Å². The third kappa shape index (κ3) is 1.49. The molecule has 1 aromatic rings. The highest BCUT2D eigenvalue weighted by molar-refractivity contribution is 5.34. The molecule has 0 radical (unpaired) electrons. The highest BCUT2D eigenvalue weighted by Crippen LogP contribution is 2.17. The standard InChI is InChI=1S/C8H12N2O/c1-6-7(5-9)10-4-3-8(6)11-2/h3-4H,5,9H2,1-2H3. The Kier molecular flexibility index (Phi) is 2.44. The molecule has 60 valence electrons. The molecule has 1 heterocycles. The second kappa shape index (κ2) is 3.34. The van der Waals surface area contributed by atoms with Gasteiger partial charge >= 0.3 is 0 Å². The number of hydrogen-bond donors (Lipinski definition) is 1. The zero-order valence-electron chi connectivity index (χ0n) is 6.79. The average molecular weight is 152 g/mol. The van der Waals surface area contributed by atoms with Crippen molar-refractivity contribution in [3.8, 4) is 5.75 Å². The summed E-state index contributed by atoms with van der Waals surface area (Å²) in [6.07, 6.45) is 1.70. The maximum absolute atomic E-state index is 5.46. The highest BCUT2D eigenvalue weighted by atomic mass is 16.5. The van der Waals surface area contributed by atoms with E-state index in [-0.39, 0.29) is 0 Å². The summed E-state index contributed by atoms with van der Waals surface area (Å²) in [6, 6.07) is 1.83. The first-order valence-electron chi connectivity index (χ1n) is 3.48. The summed E-state index contributed by atoms with van der Waals surface area (Å²) in [5.41, 5.74) is 7.37. The molecule has 0 saturated carbocycles. The summed E-state index contributed by atoms with van der Waals surface area (Å²) in [7, 11) is 1.64. The van der Waals surface area contributed by atoms with E-state index in [1.165, 1.54) is 0 Å². The summed E-state index contributed by atoms with van der Waals surface area (Å²) in [4.78, 5) is 4.10. The minimum Gasteiger partial charge on any atom is -0.496 e. The first-order chi connectivity index (χ1) is 5.29. The van der Waals surface area contributed by atoms with Crippen molar-refractivity contribution in [2.45, 2.75) is 13.5 Å². The van der Waals surface area contributed by atoms with E-state index in [2.05, 4.69) is 4.98 Å². The van der Waals surface area contributed by atoms with Crippen LogP contribution in [0.5, 0.6) is 5.75 Å². The lowest BCUT2D eigenvalue weighted by Crippen LogP contribution is -2.03. The fraction of sp³-hybridized carbons (Fsp3) is 0.375. The monoisotopic (exact) mass is 152 g/mol. The van der Waals surface area contributed by atoms with E-state index in [9.17, 15) is 0 Å². The van der Waals surface area contributed by atoms with Gasteiger partial charge in [-0.25, -0.2) is 0 Å². The topological polar surface area (TPSA) is 48.1 Å². The maximum atomic E-state index is 5.46. The fourth-order valence-corrected chi connectivity index (χ4v) is 0.986. The Labute approximate surface area is 66.2 Å². The van der Waals surface area contributed by atoms with Gasteiger partial charge in [0, 0.05) is 18.3 Å². The van der Waals surface area contributed by atoms with Crippen LogP contribution in [0.2, 0.25) is 0 Å². The van der Waals surface area contributed by atoms with E-state index in [1.54, 1.807) is 13.3 Å². The van der Waals surface area contributed by atoms with Crippen LogP contribution in [-0.2, 0) is 6.54 Å². The van der Waals surface area contributed by atoms with Gasteiger partial charge in [0.25, 0.3) is 0 Å². The van der Waals surface area contributed by atoms with Crippen molar-refractivity contribution in [2.75, 3.05) is 7.11 Å². The van der Waals surface area contributed by atoms with Crippen LogP contribution in [0.4, 0.5) is 0 Å². The highest BCUT2D eigenvalue weighted by Gasteiger charge is 2.02. The minimum absolute atomic E-state index is 0.461. The summed E-state index contributed by atoms with van der Waals surface area (Å²) in [6.45, 7) is 2.41. The van der Waals surface area contributed by atoms with E-state index < -0.39 is 0 Å². The molecule has 1 aromatic heterocycles. The third-order valence-electron chi connectivity index (χ3n) is 1.67. The number of aromatic nitrogens is 1. The number of nitrogens with two attached hydrogens (primary N) is 1. The molecule has 0 aliphatic heterocycles. The Morgan fingerprint density at radius 2 is 2.36 bits per heavy atom. The van der Waals surface area contributed by atoms with Crippen molar-refractivity contribution in [3.63, 3.8) is 0 Å². The molecule has 3 heteroatoms. The van der Waals surface area contributed by atoms with Crippen molar-refractivity contribution < 1.29 is 4.74 Å². The Morgan fingerprint density at radius 3 is 2.91 bits per heavy atom. The fourth-order valence-electron chi connectivity index (χ4n) is 0.986. The molecule has 0 aliphatic rings. The Hall–Kier alpha value is -1.09. The molecule has 1 rings (SSSR count). The molecule has 3 nitrogen and oxygen atoms in total. The Morgan fingerprint density at radius 1 is 1.64 bits per heavy atom. The molecule has 0 aromatic carbocycles. The van der Waals surface area contributed by atoms with E-state index >= 15 is 0 Å². The van der Waals surface area contributed by atoms with Crippen LogP contribution in [0.3, 0.4) is 0 Å². The lowest BCUT2D eigenvalue weighted by molar-refractivity contribution is 0.410. The van der Waals surface area contributed by atoms with E-state index in [1.807, 2.05) is 13.0 Å². The molecule has 0 unspecified atom stereocenters. The second-order valence-electron chi connectivity index (χ2n) is 2.29. The maximum Gasteiger partial charge on any atom is 0.125 e. The zero-order valence-corrected chi connectivity index (χ0v) is 6.79. The lowest BCUT2D eigenvalue weighted by Gasteiger charge is -2.06. The molecule has 0 spiro atoms. The SMILES string of the molecule is COc1ccnc(CN)c1C. The van der Waals surface area contributed by atoms with Crippen LogP contribution in [0.25, 0.3) is 0 Å². The Balaban J connectivity index is 3.10. The van der Waals surface area contributed by atoms with Gasteiger partial charge in [0.15, 0.2) is 0 Å². The number of ether oxygens (including phenoxy) is 1. The van der Waals surface area contributed by atoms with Gasteiger partial charge < -0.3 is 10.5 Å². The molecule has 0 atom stereocenters. The largest absolute Gasteiger partial charge is 0.496 e. The molecule has 2 N–H and O–H groups in total.